The number of halogens is 4. The van der Waals surface area contributed by atoms with Crippen molar-refractivity contribution in [3.8, 4) is 28.3 Å². The molecule has 1 radical (unpaired) electrons. The SMILES string of the molecule is COc1nc(-c2cccc(-c3cccc(Nc4nc(C(F)F)nc5c4c(=O)n(C)c(=O)n5C)c3Cl)c2Cl)cc2c1[C@@H](N1CC[C-](CCC[C-]=O)C1)CC2.[Mn+2]. The van der Waals surface area contributed by atoms with Crippen molar-refractivity contribution in [2.24, 2.45) is 14.1 Å². The van der Waals surface area contributed by atoms with E-state index in [9.17, 15) is 23.2 Å². The molecule has 16 heteroatoms. The molecule has 281 valence electrons. The Kier molecular flexibility index (Phi) is 11.9. The van der Waals surface area contributed by atoms with E-state index in [2.05, 4.69) is 26.3 Å². The summed E-state index contributed by atoms with van der Waals surface area (Å²) in [6.07, 6.45) is 3.97. The Bertz CT molecular complexity index is 2370. The number of likely N-dealkylation sites (tertiary alicyclic amines) is 1. The number of pyridine rings is 1. The monoisotopic (exact) mass is 816 g/mol. The van der Waals surface area contributed by atoms with E-state index in [1.165, 1.54) is 20.0 Å². The van der Waals surface area contributed by atoms with Crippen molar-refractivity contribution in [1.29, 1.82) is 0 Å². The molecule has 0 saturated carbocycles. The average molecular weight is 818 g/mol. The molecule has 1 fully saturated rings. The Morgan fingerprint density at radius 2 is 1.76 bits per heavy atom. The first kappa shape index (κ1) is 39.5. The Balaban J connectivity index is 0.00000497. The predicted octanol–water partition coefficient (Wildman–Crippen LogP) is 7.30. The number of ether oxygens (including phenoxy) is 1. The Morgan fingerprint density at radius 1 is 1.04 bits per heavy atom. The number of methoxy groups -OCH3 is 1. The topological polar surface area (TPSA) is 124 Å². The van der Waals surface area contributed by atoms with Crippen LogP contribution < -0.4 is 21.3 Å². The number of anilines is 2. The van der Waals surface area contributed by atoms with E-state index in [-0.39, 0.29) is 50.7 Å². The predicted molar refractivity (Wildman–Crippen MR) is 200 cm³/mol. The number of nitrogens with one attached hydrogen (secondary N) is 1. The molecule has 54 heavy (non-hydrogen) atoms. The van der Waals surface area contributed by atoms with Gasteiger partial charge < -0.3 is 19.7 Å². The summed E-state index contributed by atoms with van der Waals surface area (Å²) in [5, 5.41) is 3.37. The van der Waals surface area contributed by atoms with Crippen LogP contribution in [0.5, 0.6) is 5.88 Å². The number of aromatic nitrogens is 5. The third kappa shape index (κ3) is 7.17. The second-order valence-corrected chi connectivity index (χ2v) is 14.0. The van der Waals surface area contributed by atoms with E-state index in [0.29, 0.717) is 39.7 Å². The summed E-state index contributed by atoms with van der Waals surface area (Å²) in [6.45, 7) is 1.85. The number of unbranched alkanes of at least 4 members (excludes halogenated alkanes) is 1. The Morgan fingerprint density at radius 3 is 2.48 bits per heavy atom. The van der Waals surface area contributed by atoms with Crippen molar-refractivity contribution in [1.82, 2.24) is 29.0 Å². The van der Waals surface area contributed by atoms with Crippen molar-refractivity contribution in [2.75, 3.05) is 25.5 Å². The Hall–Kier alpha value is -4.20. The molecule has 1 atom stereocenters. The minimum atomic E-state index is -3.07. The molecule has 1 aliphatic carbocycles. The van der Waals surface area contributed by atoms with E-state index in [1.54, 1.807) is 25.3 Å². The fraction of sp³-hybridized carbons (Fsp3) is 0.342. The molecule has 0 bridgehead atoms. The molecule has 2 aromatic carbocycles. The summed E-state index contributed by atoms with van der Waals surface area (Å²) in [6, 6.07) is 12.9. The quantitative estimate of drug-likeness (QED) is 0.0832. The second kappa shape index (κ2) is 16.3. The molecular formula is C38H35Cl2F2MnN7O4. The number of fused-ring (bicyclic) bond motifs is 2. The van der Waals surface area contributed by atoms with Gasteiger partial charge in [0.1, 0.15) is 11.2 Å². The molecule has 0 unspecified atom stereocenters. The van der Waals surface area contributed by atoms with Crippen molar-refractivity contribution < 1.29 is 35.4 Å². The van der Waals surface area contributed by atoms with Gasteiger partial charge in [0, 0.05) is 42.4 Å². The van der Waals surface area contributed by atoms with Crippen LogP contribution in [0.4, 0.5) is 20.3 Å². The van der Waals surface area contributed by atoms with Crippen LogP contribution in [0.1, 0.15) is 61.5 Å². The summed E-state index contributed by atoms with van der Waals surface area (Å²) in [5.41, 5.74) is 3.20. The zero-order valence-electron chi connectivity index (χ0n) is 29.6. The summed E-state index contributed by atoms with van der Waals surface area (Å²) < 4.78 is 35.5. The fourth-order valence-corrected chi connectivity index (χ4v) is 8.03. The summed E-state index contributed by atoms with van der Waals surface area (Å²) in [5.74, 6) is 0.924. The fourth-order valence-electron chi connectivity index (χ4n) is 7.43. The molecule has 0 amide bonds. The summed E-state index contributed by atoms with van der Waals surface area (Å²) in [4.78, 5) is 51.6. The van der Waals surface area contributed by atoms with Crippen LogP contribution in [0.25, 0.3) is 33.4 Å². The zero-order chi connectivity index (χ0) is 37.6. The first-order valence-electron chi connectivity index (χ1n) is 17.1. The second-order valence-electron chi connectivity index (χ2n) is 13.2. The third-order valence-electron chi connectivity index (χ3n) is 10.1. The summed E-state index contributed by atoms with van der Waals surface area (Å²) >= 11 is 14.1. The van der Waals surface area contributed by atoms with Gasteiger partial charge in [0.2, 0.25) is 5.88 Å². The number of carbonyl (C=O) groups excluding carboxylic acids is 1. The smallest absolute Gasteiger partial charge is 0.542 e. The van der Waals surface area contributed by atoms with Gasteiger partial charge in [-0.05, 0) is 37.1 Å². The van der Waals surface area contributed by atoms with Crippen LogP contribution in [-0.2, 0) is 42.4 Å². The van der Waals surface area contributed by atoms with Gasteiger partial charge in [0.25, 0.3) is 12.0 Å². The standard InChI is InChI=1S/C38H35Cl2F2N7O4.Mn/c1-47-35-29(37(51)48(2)38(47)52)33(45-34(46-35)32(41)42)43-25-12-7-10-23(31(25)40)22-9-6-11-24(30(22)39)26-18-21-13-14-27(28(21)36(44-26)53-3)49-16-15-20(19-49)8-4-5-17-50;/h6-7,9-12,18,27,32H,4-5,8,13-16,19H2,1-3H3,(H,43,45,46);/q-2;+2/t27-;/m0./s1. The van der Waals surface area contributed by atoms with Gasteiger partial charge >= 0.3 is 22.8 Å². The molecule has 7 rings (SSSR count). The molecular weight excluding hydrogens is 782 g/mol. The van der Waals surface area contributed by atoms with E-state index >= 15 is 0 Å². The van der Waals surface area contributed by atoms with E-state index in [1.807, 2.05) is 24.5 Å². The van der Waals surface area contributed by atoms with Gasteiger partial charge in [-0.1, -0.05) is 53.5 Å². The molecule has 1 N–H and O–H groups in total. The number of hydrogen-bond donors (Lipinski definition) is 1. The maximum Gasteiger partial charge on any atom is 2.00 e. The number of aryl methyl sites for hydroxylation is 2. The van der Waals surface area contributed by atoms with Crippen LogP contribution in [0.15, 0.2) is 52.1 Å². The number of rotatable bonds is 11. The average Bonchev–Trinajstić information content (AvgIpc) is 3.81. The molecule has 2 aliphatic rings. The van der Waals surface area contributed by atoms with Crippen molar-refractivity contribution in [3.05, 3.63) is 96.2 Å². The van der Waals surface area contributed by atoms with Crippen molar-refractivity contribution >= 4 is 52.0 Å². The molecule has 3 aromatic heterocycles. The van der Waals surface area contributed by atoms with E-state index in [4.69, 9.17) is 32.9 Å². The normalized spacial score (nSPS) is 15.8. The van der Waals surface area contributed by atoms with Crippen molar-refractivity contribution in [2.45, 2.75) is 51.0 Å². The third-order valence-corrected chi connectivity index (χ3v) is 10.9. The number of alkyl halides is 2. The molecule has 5 aromatic rings. The van der Waals surface area contributed by atoms with Crippen LogP contribution in [0, 0.1) is 5.92 Å². The van der Waals surface area contributed by atoms with Crippen LogP contribution in [0.2, 0.25) is 10.0 Å². The molecule has 0 spiro atoms. The zero-order valence-corrected chi connectivity index (χ0v) is 32.3. The number of benzene rings is 2. The maximum atomic E-state index is 13.9. The Labute approximate surface area is 330 Å². The van der Waals surface area contributed by atoms with E-state index < -0.39 is 23.5 Å². The minimum absolute atomic E-state index is 0. The van der Waals surface area contributed by atoms with Gasteiger partial charge in [-0.15, -0.1) is 13.0 Å². The van der Waals surface area contributed by atoms with Crippen LogP contribution >= 0.6 is 23.2 Å². The van der Waals surface area contributed by atoms with Gasteiger partial charge in [0.05, 0.1) is 28.5 Å². The number of hydrogen-bond acceptors (Lipinski definition) is 9. The van der Waals surface area contributed by atoms with E-state index in [0.717, 1.165) is 65.5 Å². The van der Waals surface area contributed by atoms with Crippen LogP contribution in [-0.4, -0.2) is 55.5 Å². The molecule has 4 heterocycles. The maximum absolute atomic E-state index is 13.9. The van der Waals surface area contributed by atoms with Gasteiger partial charge in [-0.2, -0.15) is 19.3 Å². The number of nitrogens with zero attached hydrogens (tertiary/aromatic N) is 6. The van der Waals surface area contributed by atoms with Crippen molar-refractivity contribution in [3.63, 3.8) is 0 Å². The van der Waals surface area contributed by atoms with Gasteiger partial charge in [-0.3, -0.25) is 26.1 Å². The summed E-state index contributed by atoms with van der Waals surface area (Å²) in [7, 11) is 4.24. The molecule has 11 nitrogen and oxygen atoms in total. The first-order chi connectivity index (χ1) is 25.5. The van der Waals surface area contributed by atoms with Gasteiger partial charge in [0.15, 0.2) is 11.5 Å². The van der Waals surface area contributed by atoms with Crippen LogP contribution in [0.3, 0.4) is 0 Å². The first-order valence-corrected chi connectivity index (χ1v) is 17.9. The largest absolute Gasteiger partial charge is 2.00 e. The molecule has 1 aliphatic heterocycles. The minimum Gasteiger partial charge on any atom is -0.542 e. The van der Waals surface area contributed by atoms with Gasteiger partial charge in [-0.25, -0.2) is 28.5 Å². The molecule has 1 saturated heterocycles.